The first kappa shape index (κ1) is 14.9. The Bertz CT molecular complexity index is 651. The summed E-state index contributed by atoms with van der Waals surface area (Å²) < 4.78 is 5.03. The third-order valence-electron chi connectivity index (χ3n) is 3.08. The molecular weight excluding hydrogens is 274 g/mol. The predicted octanol–water partition coefficient (Wildman–Crippen LogP) is 2.38. The van der Waals surface area contributed by atoms with E-state index in [2.05, 4.69) is 15.3 Å². The molecule has 0 radical (unpaired) electrons. The molecule has 2 heterocycles. The fraction of sp³-hybridized carbons (Fsp3) is 0.500. The van der Waals surface area contributed by atoms with Gasteiger partial charge in [0.05, 0.1) is 11.5 Å². The van der Waals surface area contributed by atoms with E-state index in [0.29, 0.717) is 11.5 Å². The summed E-state index contributed by atoms with van der Waals surface area (Å²) in [6, 6.07) is -0.0222. The van der Waals surface area contributed by atoms with Crippen molar-refractivity contribution < 1.29 is 9.53 Å². The van der Waals surface area contributed by atoms with E-state index in [-0.39, 0.29) is 11.9 Å². The van der Waals surface area contributed by atoms with Gasteiger partial charge in [-0.15, -0.1) is 11.3 Å². The summed E-state index contributed by atoms with van der Waals surface area (Å²) in [5.41, 5.74) is 1.87. The van der Waals surface area contributed by atoms with Gasteiger partial charge in [0.1, 0.15) is 10.7 Å². The van der Waals surface area contributed by atoms with Crippen molar-refractivity contribution in [1.29, 1.82) is 0 Å². The standard InChI is InChI=1S/C14H19N3O2S/c1-7(6-19-5)15-13(18)12-8(2)11-9(3)16-10(4)17-14(11)20-12/h7H,6H2,1-5H3,(H,15,18). The quantitative estimate of drug-likeness (QED) is 0.940. The van der Waals surface area contributed by atoms with Crippen LogP contribution in [-0.4, -0.2) is 35.6 Å². The van der Waals surface area contributed by atoms with E-state index < -0.39 is 0 Å². The maximum absolute atomic E-state index is 12.3. The molecule has 2 aromatic heterocycles. The molecule has 2 rings (SSSR count). The Labute approximate surface area is 122 Å². The average molecular weight is 293 g/mol. The molecule has 0 aliphatic carbocycles. The fourth-order valence-electron chi connectivity index (χ4n) is 2.27. The summed E-state index contributed by atoms with van der Waals surface area (Å²) in [5.74, 6) is 0.656. The van der Waals surface area contributed by atoms with Gasteiger partial charge in [0, 0.05) is 24.2 Å². The first-order valence-corrected chi connectivity index (χ1v) is 7.29. The number of carbonyl (C=O) groups excluding carboxylic acids is 1. The van der Waals surface area contributed by atoms with Gasteiger partial charge in [-0.1, -0.05) is 0 Å². The van der Waals surface area contributed by atoms with E-state index in [1.165, 1.54) is 11.3 Å². The molecule has 0 saturated heterocycles. The summed E-state index contributed by atoms with van der Waals surface area (Å²) in [6.45, 7) is 8.17. The Balaban J connectivity index is 2.38. The Morgan fingerprint density at radius 2 is 2.05 bits per heavy atom. The second-order valence-electron chi connectivity index (χ2n) is 4.92. The number of methoxy groups -OCH3 is 1. The van der Waals surface area contributed by atoms with Crippen molar-refractivity contribution in [3.8, 4) is 0 Å². The van der Waals surface area contributed by atoms with Gasteiger partial charge in [0.2, 0.25) is 0 Å². The van der Waals surface area contributed by atoms with Gasteiger partial charge >= 0.3 is 0 Å². The van der Waals surface area contributed by atoms with Gasteiger partial charge in [-0.2, -0.15) is 0 Å². The Morgan fingerprint density at radius 1 is 1.35 bits per heavy atom. The number of nitrogens with zero attached hydrogens (tertiary/aromatic N) is 2. The molecule has 0 aliphatic rings. The first-order valence-electron chi connectivity index (χ1n) is 6.48. The number of carbonyl (C=O) groups is 1. The summed E-state index contributed by atoms with van der Waals surface area (Å²) in [7, 11) is 1.62. The minimum absolute atomic E-state index is 0.0222. The van der Waals surface area contributed by atoms with E-state index in [0.717, 1.165) is 27.3 Å². The number of rotatable bonds is 4. The number of aromatic nitrogens is 2. The molecule has 0 aliphatic heterocycles. The van der Waals surface area contributed by atoms with Crippen LogP contribution in [0.2, 0.25) is 0 Å². The molecule has 0 saturated carbocycles. The topological polar surface area (TPSA) is 64.1 Å². The molecule has 1 atom stereocenters. The summed E-state index contributed by atoms with van der Waals surface area (Å²) in [5, 5.41) is 3.92. The minimum atomic E-state index is -0.0768. The Kier molecular flexibility index (Phi) is 4.35. The highest BCUT2D eigenvalue weighted by atomic mass is 32.1. The number of hydrogen-bond acceptors (Lipinski definition) is 5. The molecule has 108 valence electrons. The van der Waals surface area contributed by atoms with Crippen molar-refractivity contribution in [2.24, 2.45) is 0 Å². The normalized spacial score (nSPS) is 12.7. The van der Waals surface area contributed by atoms with Crippen molar-refractivity contribution in [2.45, 2.75) is 33.7 Å². The second-order valence-corrected chi connectivity index (χ2v) is 5.92. The van der Waals surface area contributed by atoms with Crippen LogP contribution in [0.15, 0.2) is 0 Å². The van der Waals surface area contributed by atoms with Crippen molar-refractivity contribution in [1.82, 2.24) is 15.3 Å². The van der Waals surface area contributed by atoms with Crippen LogP contribution in [0.5, 0.6) is 0 Å². The molecule has 1 amide bonds. The highest BCUT2D eigenvalue weighted by molar-refractivity contribution is 7.20. The van der Waals surface area contributed by atoms with Crippen molar-refractivity contribution in [2.75, 3.05) is 13.7 Å². The van der Waals surface area contributed by atoms with E-state index in [4.69, 9.17) is 4.74 Å². The predicted molar refractivity (Wildman–Crippen MR) is 80.4 cm³/mol. The molecule has 1 N–H and O–H groups in total. The SMILES string of the molecule is COCC(C)NC(=O)c1sc2nc(C)nc(C)c2c1C. The zero-order valence-electron chi connectivity index (χ0n) is 12.4. The van der Waals surface area contributed by atoms with Crippen molar-refractivity contribution >= 4 is 27.5 Å². The molecule has 6 heteroatoms. The second kappa shape index (κ2) is 5.85. The fourth-order valence-corrected chi connectivity index (χ4v) is 3.45. The monoisotopic (exact) mass is 293 g/mol. The lowest BCUT2D eigenvalue weighted by molar-refractivity contribution is 0.0909. The molecule has 0 bridgehead atoms. The number of ether oxygens (including phenoxy) is 1. The molecular formula is C14H19N3O2S. The smallest absolute Gasteiger partial charge is 0.262 e. The largest absolute Gasteiger partial charge is 0.383 e. The first-order chi connectivity index (χ1) is 9.43. The maximum atomic E-state index is 12.3. The third kappa shape index (κ3) is 2.81. The van der Waals surface area contributed by atoms with Crippen molar-refractivity contribution in [3.63, 3.8) is 0 Å². The zero-order valence-corrected chi connectivity index (χ0v) is 13.2. The number of nitrogens with one attached hydrogen (secondary N) is 1. The highest BCUT2D eigenvalue weighted by Gasteiger charge is 2.19. The van der Waals surface area contributed by atoms with Crippen LogP contribution in [0.1, 0.15) is 33.7 Å². The minimum Gasteiger partial charge on any atom is -0.383 e. The number of fused-ring (bicyclic) bond motifs is 1. The number of thiophene rings is 1. The molecule has 0 aromatic carbocycles. The van der Waals surface area contributed by atoms with Gasteiger partial charge in [-0.25, -0.2) is 9.97 Å². The maximum Gasteiger partial charge on any atom is 0.262 e. The van der Waals surface area contributed by atoms with Gasteiger partial charge < -0.3 is 10.1 Å². The van der Waals surface area contributed by atoms with Crippen molar-refractivity contribution in [3.05, 3.63) is 22.0 Å². The third-order valence-corrected chi connectivity index (χ3v) is 4.27. The van der Waals surface area contributed by atoms with Gasteiger partial charge in [-0.05, 0) is 33.3 Å². The van der Waals surface area contributed by atoms with Crippen LogP contribution < -0.4 is 5.32 Å². The van der Waals surface area contributed by atoms with Gasteiger partial charge in [-0.3, -0.25) is 4.79 Å². The summed E-state index contributed by atoms with van der Waals surface area (Å²) in [6.07, 6.45) is 0. The molecule has 0 spiro atoms. The molecule has 0 fully saturated rings. The molecule has 1 unspecified atom stereocenters. The van der Waals surface area contributed by atoms with Crippen LogP contribution in [0, 0.1) is 20.8 Å². The van der Waals surface area contributed by atoms with Gasteiger partial charge in [0.15, 0.2) is 0 Å². The van der Waals surface area contributed by atoms with Crippen LogP contribution in [0.25, 0.3) is 10.2 Å². The van der Waals surface area contributed by atoms with Crippen LogP contribution in [0.4, 0.5) is 0 Å². The zero-order chi connectivity index (χ0) is 14.9. The molecule has 2 aromatic rings. The lowest BCUT2D eigenvalue weighted by Gasteiger charge is -2.12. The van der Waals surface area contributed by atoms with Gasteiger partial charge in [0.25, 0.3) is 5.91 Å². The molecule has 20 heavy (non-hydrogen) atoms. The van der Waals surface area contributed by atoms with E-state index in [1.54, 1.807) is 7.11 Å². The van der Waals surface area contributed by atoms with E-state index >= 15 is 0 Å². The average Bonchev–Trinajstić information content (AvgIpc) is 2.66. The van der Waals surface area contributed by atoms with E-state index in [1.807, 2.05) is 27.7 Å². The van der Waals surface area contributed by atoms with Crippen LogP contribution in [0.3, 0.4) is 0 Å². The lowest BCUT2D eigenvalue weighted by Crippen LogP contribution is -2.35. The van der Waals surface area contributed by atoms with Crippen LogP contribution >= 0.6 is 11.3 Å². The van der Waals surface area contributed by atoms with E-state index in [9.17, 15) is 4.79 Å². The van der Waals surface area contributed by atoms with Crippen LogP contribution in [-0.2, 0) is 4.74 Å². The Morgan fingerprint density at radius 3 is 2.70 bits per heavy atom. The summed E-state index contributed by atoms with van der Waals surface area (Å²) in [4.78, 5) is 22.7. The highest BCUT2D eigenvalue weighted by Crippen LogP contribution is 2.31. The lowest BCUT2D eigenvalue weighted by atomic mass is 10.1. The summed E-state index contributed by atoms with van der Waals surface area (Å²) >= 11 is 1.42. The number of aryl methyl sites for hydroxylation is 3. The Hall–Kier alpha value is -1.53. The number of amides is 1. The molecule has 5 nitrogen and oxygen atoms in total. The number of hydrogen-bond donors (Lipinski definition) is 1.